The van der Waals surface area contributed by atoms with Crippen LogP contribution in [0, 0.1) is 21.7 Å². The molecule has 3 nitrogen and oxygen atoms in total. The highest BCUT2D eigenvalue weighted by Gasteiger charge is 2.43. The maximum Gasteiger partial charge on any atom is 0.225 e. The number of aliphatic hydroxyl groups is 1. The Morgan fingerprint density at radius 1 is 1.04 bits per heavy atom. The molecule has 2 N–H and O–H groups in total. The number of rotatable bonds is 12. The van der Waals surface area contributed by atoms with E-state index in [-0.39, 0.29) is 23.3 Å². The predicted molar refractivity (Wildman–Crippen MR) is 113 cm³/mol. The van der Waals surface area contributed by atoms with Crippen molar-refractivity contribution >= 4 is 5.91 Å². The van der Waals surface area contributed by atoms with Crippen molar-refractivity contribution < 1.29 is 9.90 Å². The molecule has 0 aromatic heterocycles. The molecule has 0 saturated carbocycles. The van der Waals surface area contributed by atoms with E-state index in [2.05, 4.69) is 65.9 Å². The molecular weight excluding hydrogens is 322 g/mol. The molecule has 0 saturated heterocycles. The van der Waals surface area contributed by atoms with Crippen LogP contribution in [0.1, 0.15) is 94.4 Å². The second kappa shape index (κ2) is 9.92. The molecular formula is C23H45NO2. The van der Waals surface area contributed by atoms with Gasteiger partial charge in [-0.3, -0.25) is 4.79 Å². The zero-order chi connectivity index (χ0) is 20.6. The van der Waals surface area contributed by atoms with Crippen molar-refractivity contribution in [3.05, 3.63) is 12.2 Å². The van der Waals surface area contributed by atoms with E-state index >= 15 is 0 Å². The molecule has 1 amide bonds. The van der Waals surface area contributed by atoms with Crippen molar-refractivity contribution in [1.82, 2.24) is 5.32 Å². The molecule has 0 aliphatic rings. The van der Waals surface area contributed by atoms with Crippen molar-refractivity contribution in [2.45, 2.75) is 94.4 Å². The van der Waals surface area contributed by atoms with Gasteiger partial charge in [0.1, 0.15) is 0 Å². The van der Waals surface area contributed by atoms with E-state index < -0.39 is 5.41 Å². The Labute approximate surface area is 163 Å². The molecule has 0 aromatic carbocycles. The third kappa shape index (κ3) is 7.42. The fourth-order valence-electron chi connectivity index (χ4n) is 4.03. The third-order valence-corrected chi connectivity index (χ3v) is 6.26. The summed E-state index contributed by atoms with van der Waals surface area (Å²) in [7, 11) is 0. The number of carbonyl (C=O) groups is 1. The van der Waals surface area contributed by atoms with E-state index in [1.54, 1.807) is 0 Å². The lowest BCUT2D eigenvalue weighted by molar-refractivity contribution is -0.132. The number of hydrogen-bond acceptors (Lipinski definition) is 2. The van der Waals surface area contributed by atoms with Crippen molar-refractivity contribution in [1.29, 1.82) is 0 Å². The fraction of sp³-hybridized carbons (Fsp3) is 0.870. The Morgan fingerprint density at radius 2 is 1.62 bits per heavy atom. The van der Waals surface area contributed by atoms with Gasteiger partial charge in [-0.25, -0.2) is 0 Å². The van der Waals surface area contributed by atoms with Gasteiger partial charge in [0.2, 0.25) is 5.91 Å². The molecule has 0 heterocycles. The predicted octanol–water partition coefficient (Wildman–Crippen LogP) is 5.73. The van der Waals surface area contributed by atoms with E-state index in [9.17, 15) is 4.79 Å². The summed E-state index contributed by atoms with van der Waals surface area (Å²) < 4.78 is 0. The molecule has 0 aliphatic heterocycles. The summed E-state index contributed by atoms with van der Waals surface area (Å²) in [5.41, 5.74) is -0.116. The van der Waals surface area contributed by atoms with Crippen LogP contribution >= 0.6 is 0 Å². The standard InChI is InChI=1S/C23H45NO2/c1-10-13-20(3,4)14-12-15-23(9,11-2)22(7,8)18-21(5,6)19(26)24-16-17-25/h12,15,25H,10-11,13-14,16-18H2,1-9H3,(H,24,26). The first kappa shape index (κ1) is 25.2. The lowest BCUT2D eigenvalue weighted by Crippen LogP contribution is -2.44. The average Bonchev–Trinajstić information content (AvgIpc) is 2.50. The number of carbonyl (C=O) groups excluding carboxylic acids is 1. The Morgan fingerprint density at radius 3 is 2.08 bits per heavy atom. The Balaban J connectivity index is 5.26. The zero-order valence-corrected chi connectivity index (χ0v) is 19.0. The van der Waals surface area contributed by atoms with Crippen molar-refractivity contribution in [2.24, 2.45) is 21.7 Å². The van der Waals surface area contributed by atoms with E-state index in [0.29, 0.717) is 12.0 Å². The first-order chi connectivity index (χ1) is 11.8. The second-order valence-electron chi connectivity index (χ2n) is 10.2. The van der Waals surface area contributed by atoms with Crippen LogP contribution in [-0.4, -0.2) is 24.2 Å². The lowest BCUT2D eigenvalue weighted by atomic mass is 9.59. The number of amides is 1. The molecule has 0 aromatic rings. The highest BCUT2D eigenvalue weighted by atomic mass is 16.3. The first-order valence-corrected chi connectivity index (χ1v) is 10.3. The van der Waals surface area contributed by atoms with E-state index in [1.165, 1.54) is 12.8 Å². The van der Waals surface area contributed by atoms with Crippen LogP contribution in [0.4, 0.5) is 0 Å². The first-order valence-electron chi connectivity index (χ1n) is 10.3. The minimum absolute atomic E-state index is 0.0196. The molecule has 0 fully saturated rings. The van der Waals surface area contributed by atoms with Gasteiger partial charge in [-0.1, -0.05) is 80.9 Å². The van der Waals surface area contributed by atoms with E-state index in [1.807, 2.05) is 13.8 Å². The van der Waals surface area contributed by atoms with E-state index in [4.69, 9.17) is 5.11 Å². The molecule has 0 bridgehead atoms. The molecule has 0 rings (SSSR count). The van der Waals surface area contributed by atoms with Gasteiger partial charge in [0, 0.05) is 12.0 Å². The van der Waals surface area contributed by atoms with Crippen molar-refractivity contribution in [3.8, 4) is 0 Å². The van der Waals surface area contributed by atoms with Gasteiger partial charge in [0.25, 0.3) is 0 Å². The highest BCUT2D eigenvalue weighted by molar-refractivity contribution is 5.81. The normalized spacial score (nSPS) is 15.9. The summed E-state index contributed by atoms with van der Waals surface area (Å²) in [5, 5.41) is 11.8. The molecule has 0 radical (unpaired) electrons. The van der Waals surface area contributed by atoms with Crippen LogP contribution in [0.25, 0.3) is 0 Å². The minimum atomic E-state index is -0.468. The minimum Gasteiger partial charge on any atom is -0.395 e. The molecule has 154 valence electrons. The van der Waals surface area contributed by atoms with Crippen molar-refractivity contribution in [3.63, 3.8) is 0 Å². The van der Waals surface area contributed by atoms with Crippen LogP contribution in [-0.2, 0) is 4.79 Å². The van der Waals surface area contributed by atoms with Gasteiger partial charge in [0.15, 0.2) is 0 Å². The van der Waals surface area contributed by atoms with Gasteiger partial charge >= 0.3 is 0 Å². The smallest absolute Gasteiger partial charge is 0.225 e. The molecule has 3 heteroatoms. The average molecular weight is 368 g/mol. The molecule has 0 spiro atoms. The van der Waals surface area contributed by atoms with Crippen LogP contribution in [0.15, 0.2) is 12.2 Å². The molecule has 26 heavy (non-hydrogen) atoms. The molecule has 1 unspecified atom stereocenters. The van der Waals surface area contributed by atoms with Crippen LogP contribution in [0.2, 0.25) is 0 Å². The van der Waals surface area contributed by atoms with Gasteiger partial charge in [-0.15, -0.1) is 0 Å². The summed E-state index contributed by atoms with van der Waals surface area (Å²) in [4.78, 5) is 12.5. The van der Waals surface area contributed by atoms with Gasteiger partial charge in [0.05, 0.1) is 6.61 Å². The molecule has 1 atom stereocenters. The van der Waals surface area contributed by atoms with Crippen LogP contribution in [0.3, 0.4) is 0 Å². The van der Waals surface area contributed by atoms with Crippen LogP contribution in [0.5, 0.6) is 0 Å². The summed E-state index contributed by atoms with van der Waals surface area (Å²) in [5.74, 6) is 0.0196. The van der Waals surface area contributed by atoms with Crippen LogP contribution < -0.4 is 5.32 Å². The SMILES string of the molecule is CCCC(C)(C)CC=CC(C)(CC)C(C)(C)CC(C)(C)C(=O)NCCO. The fourth-order valence-corrected chi connectivity index (χ4v) is 4.03. The summed E-state index contributed by atoms with van der Waals surface area (Å²) in [6, 6.07) is 0. The maximum absolute atomic E-state index is 12.5. The largest absolute Gasteiger partial charge is 0.395 e. The number of nitrogens with one attached hydrogen (secondary N) is 1. The summed E-state index contributed by atoms with van der Waals surface area (Å²) in [6.45, 7) is 20.3. The highest BCUT2D eigenvalue weighted by Crippen LogP contribution is 2.50. The Bertz CT molecular complexity index is 463. The zero-order valence-electron chi connectivity index (χ0n) is 19.0. The monoisotopic (exact) mass is 367 g/mol. The quantitative estimate of drug-likeness (QED) is 0.433. The summed E-state index contributed by atoms with van der Waals surface area (Å²) >= 11 is 0. The van der Waals surface area contributed by atoms with Gasteiger partial charge in [-0.2, -0.15) is 0 Å². The van der Waals surface area contributed by atoms with E-state index in [0.717, 1.165) is 19.3 Å². The number of hydrogen-bond donors (Lipinski definition) is 2. The Hall–Kier alpha value is -0.830. The van der Waals surface area contributed by atoms with Gasteiger partial charge < -0.3 is 10.4 Å². The Kier molecular flexibility index (Phi) is 9.60. The summed E-state index contributed by atoms with van der Waals surface area (Å²) in [6.07, 6.45) is 10.1. The van der Waals surface area contributed by atoms with Gasteiger partial charge in [-0.05, 0) is 41.9 Å². The molecule has 0 aliphatic carbocycles. The third-order valence-electron chi connectivity index (χ3n) is 6.26. The maximum atomic E-state index is 12.5. The number of allylic oxidation sites excluding steroid dienone is 2. The van der Waals surface area contributed by atoms with Crippen molar-refractivity contribution in [2.75, 3.05) is 13.2 Å². The topological polar surface area (TPSA) is 49.3 Å². The second-order valence-corrected chi connectivity index (χ2v) is 10.2. The lowest BCUT2D eigenvalue weighted by Gasteiger charge is -2.46. The number of aliphatic hydroxyl groups excluding tert-OH is 1.